The van der Waals surface area contributed by atoms with Gasteiger partial charge in [0.1, 0.15) is 11.6 Å². The number of hydrogen-bond acceptors (Lipinski definition) is 4. The second-order valence-corrected chi connectivity index (χ2v) is 9.33. The Morgan fingerprint density at radius 3 is 2.27 bits per heavy atom. The number of amides is 1. The summed E-state index contributed by atoms with van der Waals surface area (Å²) < 4.78 is 84.3. The number of nitrogens with zero attached hydrogens (tertiary/aromatic N) is 2. The van der Waals surface area contributed by atoms with Gasteiger partial charge in [0, 0.05) is 31.7 Å². The normalized spacial score (nSPS) is 15.6. The first-order valence-electron chi connectivity index (χ1n) is 9.88. The molecule has 0 atom stereocenters. The van der Waals surface area contributed by atoms with Gasteiger partial charge in [-0.3, -0.25) is 4.79 Å². The van der Waals surface area contributed by atoms with Crippen molar-refractivity contribution < 1.29 is 35.2 Å². The Balaban J connectivity index is 1.44. The van der Waals surface area contributed by atoms with Crippen molar-refractivity contribution in [2.75, 3.05) is 26.2 Å². The Bertz CT molecular complexity index is 1280. The van der Waals surface area contributed by atoms with E-state index in [-0.39, 0.29) is 48.2 Å². The van der Waals surface area contributed by atoms with E-state index in [9.17, 15) is 30.8 Å². The molecule has 1 saturated heterocycles. The molecule has 1 fully saturated rings. The first-order valence-corrected chi connectivity index (χ1v) is 11.3. The number of hydrogen-bond donors (Lipinski definition) is 0. The lowest BCUT2D eigenvalue weighted by Crippen LogP contribution is -2.50. The van der Waals surface area contributed by atoms with Crippen LogP contribution in [0.3, 0.4) is 0 Å². The third kappa shape index (κ3) is 4.79. The fraction of sp³-hybridized carbons (Fsp3) is 0.227. The molecule has 0 radical (unpaired) electrons. The quantitative estimate of drug-likeness (QED) is 0.522. The molecule has 174 valence electrons. The van der Waals surface area contributed by atoms with Gasteiger partial charge in [0.05, 0.1) is 10.5 Å². The molecular formula is C22H18F4N2O4S. The van der Waals surface area contributed by atoms with Gasteiger partial charge < -0.3 is 9.32 Å². The van der Waals surface area contributed by atoms with Crippen molar-refractivity contribution in [2.45, 2.75) is 11.1 Å². The van der Waals surface area contributed by atoms with Crippen molar-refractivity contribution in [1.29, 1.82) is 0 Å². The molecule has 1 amide bonds. The Morgan fingerprint density at radius 1 is 0.909 bits per heavy atom. The van der Waals surface area contributed by atoms with Crippen molar-refractivity contribution in [3.05, 3.63) is 77.8 Å². The van der Waals surface area contributed by atoms with Crippen molar-refractivity contribution in [1.82, 2.24) is 9.21 Å². The van der Waals surface area contributed by atoms with Gasteiger partial charge in [-0.1, -0.05) is 18.2 Å². The van der Waals surface area contributed by atoms with Gasteiger partial charge in [-0.05, 0) is 42.5 Å². The molecule has 1 aliphatic heterocycles. The Kier molecular flexibility index (Phi) is 6.02. The summed E-state index contributed by atoms with van der Waals surface area (Å²) in [4.78, 5) is 14.0. The highest BCUT2D eigenvalue weighted by Gasteiger charge is 2.32. The van der Waals surface area contributed by atoms with Crippen LogP contribution in [0.4, 0.5) is 17.6 Å². The number of piperazine rings is 1. The molecular weight excluding hydrogens is 464 g/mol. The minimum absolute atomic E-state index is 0.00573. The van der Waals surface area contributed by atoms with E-state index in [1.807, 2.05) is 0 Å². The smallest absolute Gasteiger partial charge is 0.416 e. The second kappa shape index (κ2) is 8.64. The maximum Gasteiger partial charge on any atom is 0.416 e. The highest BCUT2D eigenvalue weighted by atomic mass is 32.2. The number of rotatable bonds is 4. The topological polar surface area (TPSA) is 70.8 Å². The summed E-state index contributed by atoms with van der Waals surface area (Å²) in [6, 6.07) is 12.0. The predicted octanol–water partition coefficient (Wildman–Crippen LogP) is 4.25. The summed E-state index contributed by atoms with van der Waals surface area (Å²) >= 11 is 0. The van der Waals surface area contributed by atoms with E-state index in [0.717, 1.165) is 24.3 Å². The van der Waals surface area contributed by atoms with Crippen LogP contribution in [0, 0.1) is 5.82 Å². The maximum atomic E-state index is 13.4. The van der Waals surface area contributed by atoms with E-state index in [1.54, 1.807) is 0 Å². The van der Waals surface area contributed by atoms with Gasteiger partial charge in [0.25, 0.3) is 5.91 Å². The molecule has 33 heavy (non-hydrogen) atoms. The first kappa shape index (κ1) is 23.0. The van der Waals surface area contributed by atoms with Gasteiger partial charge >= 0.3 is 6.18 Å². The number of furan rings is 1. The van der Waals surface area contributed by atoms with Crippen LogP contribution in [0.15, 0.2) is 70.0 Å². The molecule has 11 heteroatoms. The number of halogens is 4. The van der Waals surface area contributed by atoms with Crippen molar-refractivity contribution >= 4 is 15.9 Å². The summed E-state index contributed by atoms with van der Waals surface area (Å²) in [6.07, 6.45) is -4.51. The molecule has 1 aromatic heterocycles. The van der Waals surface area contributed by atoms with Gasteiger partial charge in [0.2, 0.25) is 10.0 Å². The second-order valence-electron chi connectivity index (χ2n) is 7.40. The Morgan fingerprint density at radius 2 is 1.61 bits per heavy atom. The SMILES string of the molecule is O=C(c1ccc(-c2cccc(C(F)(F)F)c2)o1)N1CCN(S(=O)(=O)c2cccc(F)c2)CC1. The molecule has 3 aromatic rings. The van der Waals surface area contributed by atoms with Crippen molar-refractivity contribution in [3.8, 4) is 11.3 Å². The minimum atomic E-state index is -4.51. The van der Waals surface area contributed by atoms with Crippen molar-refractivity contribution in [2.24, 2.45) is 0 Å². The molecule has 0 unspecified atom stereocenters. The summed E-state index contributed by atoms with van der Waals surface area (Å²) in [6.45, 7) is 0.164. The van der Waals surface area contributed by atoms with E-state index >= 15 is 0 Å². The molecule has 2 heterocycles. The van der Waals surface area contributed by atoms with Gasteiger partial charge in [-0.2, -0.15) is 17.5 Å². The average Bonchev–Trinajstić information content (AvgIpc) is 3.28. The third-order valence-corrected chi connectivity index (χ3v) is 7.15. The number of carbonyl (C=O) groups is 1. The largest absolute Gasteiger partial charge is 0.451 e. The van der Waals surface area contributed by atoms with Crippen LogP contribution >= 0.6 is 0 Å². The lowest BCUT2D eigenvalue weighted by molar-refractivity contribution is -0.137. The fourth-order valence-corrected chi connectivity index (χ4v) is 4.97. The summed E-state index contributed by atoms with van der Waals surface area (Å²) in [5.74, 6) is -1.13. The van der Waals surface area contributed by atoms with Crippen molar-refractivity contribution in [3.63, 3.8) is 0 Å². The molecule has 6 nitrogen and oxygen atoms in total. The predicted molar refractivity (Wildman–Crippen MR) is 110 cm³/mol. The van der Waals surface area contributed by atoms with Gasteiger partial charge in [-0.15, -0.1) is 0 Å². The molecule has 0 N–H and O–H groups in total. The van der Waals surface area contributed by atoms with E-state index in [2.05, 4.69) is 0 Å². The summed E-state index contributed by atoms with van der Waals surface area (Å²) in [5, 5.41) is 0. The molecule has 0 bridgehead atoms. The average molecular weight is 482 g/mol. The lowest BCUT2D eigenvalue weighted by atomic mass is 10.1. The lowest BCUT2D eigenvalue weighted by Gasteiger charge is -2.33. The summed E-state index contributed by atoms with van der Waals surface area (Å²) in [5.41, 5.74) is -0.658. The van der Waals surface area contributed by atoms with E-state index < -0.39 is 33.5 Å². The van der Waals surface area contributed by atoms with Crippen LogP contribution < -0.4 is 0 Å². The Hall–Kier alpha value is -3.18. The van der Waals surface area contributed by atoms with E-state index in [1.165, 1.54) is 45.6 Å². The first-order chi connectivity index (χ1) is 15.6. The van der Waals surface area contributed by atoms with Gasteiger partial charge in [-0.25, -0.2) is 12.8 Å². The molecule has 1 aliphatic rings. The van der Waals surface area contributed by atoms with Crippen LogP contribution in [-0.2, 0) is 16.2 Å². The van der Waals surface area contributed by atoms with Crippen LogP contribution in [0.1, 0.15) is 16.1 Å². The molecule has 0 spiro atoms. The Labute approximate surface area is 187 Å². The fourth-order valence-electron chi connectivity index (χ4n) is 3.52. The van der Waals surface area contributed by atoms with Gasteiger partial charge in [0.15, 0.2) is 5.76 Å². The zero-order chi connectivity index (χ0) is 23.8. The number of alkyl halides is 3. The zero-order valence-corrected chi connectivity index (χ0v) is 17.9. The zero-order valence-electron chi connectivity index (χ0n) is 17.0. The number of carbonyl (C=O) groups excluding carboxylic acids is 1. The number of benzene rings is 2. The minimum Gasteiger partial charge on any atom is -0.451 e. The molecule has 2 aromatic carbocycles. The van der Waals surface area contributed by atoms with E-state index in [4.69, 9.17) is 4.42 Å². The molecule has 4 rings (SSSR count). The van der Waals surface area contributed by atoms with Crippen LogP contribution in [-0.4, -0.2) is 49.7 Å². The highest BCUT2D eigenvalue weighted by molar-refractivity contribution is 7.89. The van der Waals surface area contributed by atoms with E-state index in [0.29, 0.717) is 0 Å². The molecule has 0 saturated carbocycles. The number of sulfonamides is 1. The standard InChI is InChI=1S/C22H18F4N2O4S/c23-17-5-2-6-18(14-17)33(30,31)28-11-9-27(10-12-28)21(29)20-8-7-19(32-20)15-3-1-4-16(13-15)22(24,25)26/h1-8,13-14H,9-12H2. The monoisotopic (exact) mass is 482 g/mol. The molecule has 0 aliphatic carbocycles. The van der Waals surface area contributed by atoms with Crippen LogP contribution in [0.5, 0.6) is 0 Å². The highest BCUT2D eigenvalue weighted by Crippen LogP contribution is 2.33. The third-order valence-electron chi connectivity index (χ3n) is 5.25. The van der Waals surface area contributed by atoms with Crippen LogP contribution in [0.2, 0.25) is 0 Å². The summed E-state index contributed by atoms with van der Waals surface area (Å²) in [7, 11) is -3.91. The maximum absolute atomic E-state index is 13.4. The van der Waals surface area contributed by atoms with Crippen LogP contribution in [0.25, 0.3) is 11.3 Å².